The highest BCUT2D eigenvalue weighted by atomic mass is 19.1. The number of carbonyl (C=O) groups excluding carboxylic acids is 1. The van der Waals surface area contributed by atoms with Crippen molar-refractivity contribution in [2.45, 2.75) is 18.9 Å². The standard InChI is InChI=1S/C19H20FNO4/c1-24-16-9-13(18(22)11-7-8-11)15(10-17(16)25-2)21-19(23)12-5-3-4-6-14(12)20/h3-6,9-11,18,22H,7-8H2,1-2H3,(H,21,23)/t18-/m1/s1. The molecule has 0 saturated heterocycles. The highest BCUT2D eigenvalue weighted by Gasteiger charge is 2.33. The number of ether oxygens (including phenoxy) is 2. The van der Waals surface area contributed by atoms with Gasteiger partial charge in [-0.1, -0.05) is 12.1 Å². The van der Waals surface area contributed by atoms with Crippen LogP contribution in [0.2, 0.25) is 0 Å². The van der Waals surface area contributed by atoms with Crippen molar-refractivity contribution >= 4 is 11.6 Å². The van der Waals surface area contributed by atoms with Gasteiger partial charge in [0.2, 0.25) is 0 Å². The first-order valence-electron chi connectivity index (χ1n) is 8.05. The van der Waals surface area contributed by atoms with Gasteiger partial charge >= 0.3 is 0 Å². The van der Waals surface area contributed by atoms with E-state index < -0.39 is 17.8 Å². The lowest BCUT2D eigenvalue weighted by atomic mass is 10.0. The van der Waals surface area contributed by atoms with Gasteiger partial charge in [0, 0.05) is 11.6 Å². The molecule has 0 spiro atoms. The average molecular weight is 345 g/mol. The van der Waals surface area contributed by atoms with E-state index in [0.29, 0.717) is 22.7 Å². The van der Waals surface area contributed by atoms with Crippen molar-refractivity contribution in [1.82, 2.24) is 0 Å². The van der Waals surface area contributed by atoms with E-state index in [1.54, 1.807) is 18.2 Å². The van der Waals surface area contributed by atoms with E-state index >= 15 is 0 Å². The Bertz CT molecular complexity index is 789. The number of anilines is 1. The molecule has 0 unspecified atom stereocenters. The van der Waals surface area contributed by atoms with Gasteiger partial charge in [0.25, 0.3) is 5.91 Å². The minimum atomic E-state index is -0.726. The van der Waals surface area contributed by atoms with Crippen molar-refractivity contribution in [2.75, 3.05) is 19.5 Å². The first kappa shape index (κ1) is 17.2. The number of hydrogen-bond donors (Lipinski definition) is 2. The molecule has 1 aliphatic carbocycles. The van der Waals surface area contributed by atoms with E-state index in [4.69, 9.17) is 9.47 Å². The fourth-order valence-electron chi connectivity index (χ4n) is 2.75. The predicted octanol–water partition coefficient (Wildman–Crippen LogP) is 3.54. The molecule has 132 valence electrons. The van der Waals surface area contributed by atoms with Crippen LogP contribution in [0.4, 0.5) is 10.1 Å². The van der Waals surface area contributed by atoms with Crippen molar-refractivity contribution < 1.29 is 23.8 Å². The Balaban J connectivity index is 1.98. The fraction of sp³-hybridized carbons (Fsp3) is 0.316. The molecule has 0 heterocycles. The second-order valence-electron chi connectivity index (χ2n) is 6.01. The highest BCUT2D eigenvalue weighted by Crippen LogP contribution is 2.45. The van der Waals surface area contributed by atoms with Gasteiger partial charge in [-0.25, -0.2) is 4.39 Å². The van der Waals surface area contributed by atoms with Gasteiger partial charge < -0.3 is 19.9 Å². The molecule has 1 amide bonds. The van der Waals surface area contributed by atoms with Crippen LogP contribution in [0.1, 0.15) is 34.9 Å². The Morgan fingerprint density at radius 1 is 1.20 bits per heavy atom. The third-order valence-electron chi connectivity index (χ3n) is 4.31. The number of benzene rings is 2. The predicted molar refractivity (Wildman–Crippen MR) is 91.6 cm³/mol. The number of nitrogens with one attached hydrogen (secondary N) is 1. The summed E-state index contributed by atoms with van der Waals surface area (Å²) < 4.78 is 24.4. The zero-order valence-corrected chi connectivity index (χ0v) is 14.1. The maximum atomic E-state index is 13.8. The van der Waals surface area contributed by atoms with Crippen LogP contribution in [0.25, 0.3) is 0 Å². The van der Waals surface area contributed by atoms with Crippen LogP contribution >= 0.6 is 0 Å². The lowest BCUT2D eigenvalue weighted by molar-refractivity contribution is 0.102. The summed E-state index contributed by atoms with van der Waals surface area (Å²) in [4.78, 5) is 12.4. The van der Waals surface area contributed by atoms with E-state index in [0.717, 1.165) is 12.8 Å². The third kappa shape index (κ3) is 3.58. The van der Waals surface area contributed by atoms with Crippen molar-refractivity contribution in [2.24, 2.45) is 5.92 Å². The number of carbonyl (C=O) groups is 1. The SMILES string of the molecule is COc1cc(NC(=O)c2ccccc2F)c([C@H](O)C2CC2)cc1OC. The summed E-state index contributed by atoms with van der Waals surface area (Å²) in [5.74, 6) is -0.166. The minimum absolute atomic E-state index is 0.0656. The Hall–Kier alpha value is -2.60. The first-order valence-corrected chi connectivity index (χ1v) is 8.05. The topological polar surface area (TPSA) is 67.8 Å². The number of halogens is 1. The molecule has 0 radical (unpaired) electrons. The van der Waals surface area contributed by atoms with Crippen molar-refractivity contribution in [3.05, 3.63) is 53.3 Å². The van der Waals surface area contributed by atoms with E-state index in [-0.39, 0.29) is 11.5 Å². The van der Waals surface area contributed by atoms with Gasteiger partial charge in [-0.15, -0.1) is 0 Å². The monoisotopic (exact) mass is 345 g/mol. The Kier molecular flexibility index (Phi) is 4.90. The van der Waals surface area contributed by atoms with Gasteiger partial charge in [0.1, 0.15) is 5.82 Å². The van der Waals surface area contributed by atoms with E-state index in [2.05, 4.69) is 5.32 Å². The molecule has 2 aromatic carbocycles. The molecule has 25 heavy (non-hydrogen) atoms. The average Bonchev–Trinajstić information content (AvgIpc) is 3.46. The van der Waals surface area contributed by atoms with Crippen LogP contribution in [-0.4, -0.2) is 25.2 Å². The van der Waals surface area contributed by atoms with Crippen molar-refractivity contribution in [3.63, 3.8) is 0 Å². The number of rotatable bonds is 6. The molecular weight excluding hydrogens is 325 g/mol. The maximum Gasteiger partial charge on any atom is 0.258 e. The van der Waals surface area contributed by atoms with Gasteiger partial charge in [0.15, 0.2) is 11.5 Å². The lowest BCUT2D eigenvalue weighted by Crippen LogP contribution is -2.16. The molecule has 6 heteroatoms. The van der Waals surface area contributed by atoms with Crippen LogP contribution in [-0.2, 0) is 0 Å². The van der Waals surface area contributed by atoms with Crippen molar-refractivity contribution in [1.29, 1.82) is 0 Å². The smallest absolute Gasteiger partial charge is 0.258 e. The van der Waals surface area contributed by atoms with Gasteiger partial charge in [-0.2, -0.15) is 0 Å². The maximum absolute atomic E-state index is 13.8. The number of hydrogen-bond acceptors (Lipinski definition) is 4. The highest BCUT2D eigenvalue weighted by molar-refractivity contribution is 6.05. The summed E-state index contributed by atoms with van der Waals surface area (Å²) in [6.45, 7) is 0. The van der Waals surface area contributed by atoms with Crippen LogP contribution in [0.3, 0.4) is 0 Å². The Morgan fingerprint density at radius 3 is 2.44 bits per heavy atom. The minimum Gasteiger partial charge on any atom is -0.493 e. The molecule has 2 aromatic rings. The molecule has 0 aliphatic heterocycles. The summed E-state index contributed by atoms with van der Waals surface area (Å²) in [5.41, 5.74) is 0.847. The van der Waals surface area contributed by atoms with E-state index in [1.807, 2.05) is 0 Å². The summed E-state index contributed by atoms with van der Waals surface area (Å²) in [6, 6.07) is 8.97. The Morgan fingerprint density at radius 2 is 1.84 bits per heavy atom. The second kappa shape index (κ2) is 7.11. The van der Waals surface area contributed by atoms with Gasteiger partial charge in [-0.3, -0.25) is 4.79 Å². The normalized spacial score (nSPS) is 14.7. The number of amides is 1. The van der Waals surface area contributed by atoms with Crippen LogP contribution in [0, 0.1) is 11.7 Å². The van der Waals surface area contributed by atoms with Crippen LogP contribution < -0.4 is 14.8 Å². The summed E-state index contributed by atoms with van der Waals surface area (Å²) in [7, 11) is 2.99. The summed E-state index contributed by atoms with van der Waals surface area (Å²) in [6.07, 6.45) is 1.13. The summed E-state index contributed by atoms with van der Waals surface area (Å²) >= 11 is 0. The van der Waals surface area contributed by atoms with Crippen LogP contribution in [0.5, 0.6) is 11.5 Å². The lowest BCUT2D eigenvalue weighted by Gasteiger charge is -2.19. The zero-order chi connectivity index (χ0) is 18.0. The summed E-state index contributed by atoms with van der Waals surface area (Å²) in [5, 5.41) is 13.2. The first-order chi connectivity index (χ1) is 12.0. The molecule has 1 aliphatic rings. The molecule has 1 fully saturated rings. The second-order valence-corrected chi connectivity index (χ2v) is 6.01. The Labute approximate surface area is 145 Å². The van der Waals surface area contributed by atoms with E-state index in [1.165, 1.54) is 32.4 Å². The largest absolute Gasteiger partial charge is 0.493 e. The van der Waals surface area contributed by atoms with Crippen LogP contribution in [0.15, 0.2) is 36.4 Å². The number of methoxy groups -OCH3 is 2. The molecule has 5 nitrogen and oxygen atoms in total. The fourth-order valence-corrected chi connectivity index (χ4v) is 2.75. The van der Waals surface area contributed by atoms with Gasteiger partial charge in [-0.05, 0) is 37.0 Å². The molecular formula is C19H20FNO4. The van der Waals surface area contributed by atoms with Gasteiger partial charge in [0.05, 0.1) is 31.6 Å². The zero-order valence-electron chi connectivity index (χ0n) is 14.1. The molecule has 1 atom stereocenters. The third-order valence-corrected chi connectivity index (χ3v) is 4.31. The number of aliphatic hydroxyl groups is 1. The quantitative estimate of drug-likeness (QED) is 0.840. The molecule has 2 N–H and O–H groups in total. The molecule has 1 saturated carbocycles. The van der Waals surface area contributed by atoms with E-state index in [9.17, 15) is 14.3 Å². The molecule has 0 aromatic heterocycles. The molecule has 0 bridgehead atoms. The van der Waals surface area contributed by atoms with Crippen molar-refractivity contribution in [3.8, 4) is 11.5 Å². The molecule has 3 rings (SSSR count). The number of aliphatic hydroxyl groups excluding tert-OH is 1.